The predicted octanol–water partition coefficient (Wildman–Crippen LogP) is 2.72. The maximum Gasteiger partial charge on any atom is 0.0720 e. The van der Waals surface area contributed by atoms with Crippen LogP contribution in [0.15, 0.2) is 0 Å². The number of aliphatic hydroxyl groups excluding tert-OH is 2. The summed E-state index contributed by atoms with van der Waals surface area (Å²) in [6, 6.07) is 0. The summed E-state index contributed by atoms with van der Waals surface area (Å²) in [7, 11) is 0. The zero-order valence-electron chi connectivity index (χ0n) is 24.6. The Labute approximate surface area is 257 Å². The molecule has 39 heavy (non-hydrogen) atoms. The lowest BCUT2D eigenvalue weighted by Gasteiger charge is -2.12. The molecule has 0 unspecified atom stereocenters. The SMILES string of the molecule is C1CCCNCCCNCCC1.C1CNCCNCCN1.OC1CSCCCSCC(O)CSCCCSC1. The highest BCUT2D eigenvalue weighted by atomic mass is 32.2. The summed E-state index contributed by atoms with van der Waals surface area (Å²) in [6.45, 7) is 11.4. The minimum absolute atomic E-state index is 0.143. The van der Waals surface area contributed by atoms with E-state index in [2.05, 4.69) is 26.6 Å². The van der Waals surface area contributed by atoms with Gasteiger partial charge < -0.3 is 36.8 Å². The van der Waals surface area contributed by atoms with Crippen molar-refractivity contribution in [2.45, 2.75) is 63.6 Å². The van der Waals surface area contributed by atoms with E-state index in [4.69, 9.17) is 0 Å². The third-order valence-corrected chi connectivity index (χ3v) is 11.0. The van der Waals surface area contributed by atoms with Gasteiger partial charge in [-0.25, -0.2) is 0 Å². The summed E-state index contributed by atoms with van der Waals surface area (Å²) in [5, 5.41) is 36.4. The second kappa shape index (κ2) is 32.0. The molecule has 3 heterocycles. The molecule has 11 heteroatoms. The van der Waals surface area contributed by atoms with Gasteiger partial charge in [-0.2, -0.15) is 47.0 Å². The summed E-state index contributed by atoms with van der Waals surface area (Å²) < 4.78 is 0. The Morgan fingerprint density at radius 2 is 0.615 bits per heavy atom. The Kier molecular flexibility index (Phi) is 31.3. The molecule has 3 fully saturated rings. The lowest BCUT2D eigenvalue weighted by atomic mass is 10.1. The molecule has 0 amide bonds. The van der Waals surface area contributed by atoms with Crippen LogP contribution in [0.4, 0.5) is 0 Å². The summed E-state index contributed by atoms with van der Waals surface area (Å²) in [5.74, 6) is 7.98. The fourth-order valence-corrected chi connectivity index (χ4v) is 8.31. The monoisotopic (exact) mass is 627 g/mol. The van der Waals surface area contributed by atoms with Crippen molar-refractivity contribution in [3.8, 4) is 0 Å². The van der Waals surface area contributed by atoms with Gasteiger partial charge >= 0.3 is 0 Å². The van der Waals surface area contributed by atoms with E-state index in [0.29, 0.717) is 0 Å². The Hall–Kier alpha value is 1.12. The van der Waals surface area contributed by atoms with Crippen molar-refractivity contribution in [1.29, 1.82) is 0 Å². The Bertz CT molecular complexity index is 382. The molecule has 0 aromatic heterocycles. The van der Waals surface area contributed by atoms with Crippen LogP contribution < -0.4 is 26.6 Å². The van der Waals surface area contributed by atoms with Crippen LogP contribution in [-0.2, 0) is 0 Å². The number of hydrogen-bond donors (Lipinski definition) is 7. The number of thioether (sulfide) groups is 4. The van der Waals surface area contributed by atoms with Gasteiger partial charge in [0.1, 0.15) is 0 Å². The van der Waals surface area contributed by atoms with Crippen molar-refractivity contribution in [2.75, 3.05) is 111 Å². The van der Waals surface area contributed by atoms with Crippen LogP contribution in [0.3, 0.4) is 0 Å². The molecular weight excluding hydrogens is 567 g/mol. The zero-order valence-corrected chi connectivity index (χ0v) is 27.8. The summed E-state index contributed by atoms with van der Waals surface area (Å²) in [5.41, 5.74) is 0. The lowest BCUT2D eigenvalue weighted by molar-refractivity contribution is 0.225. The highest BCUT2D eigenvalue weighted by Gasteiger charge is 2.07. The first kappa shape index (κ1) is 38.1. The Morgan fingerprint density at radius 1 is 0.333 bits per heavy atom. The predicted molar refractivity (Wildman–Crippen MR) is 183 cm³/mol. The average molecular weight is 628 g/mol. The largest absolute Gasteiger partial charge is 0.391 e. The quantitative estimate of drug-likeness (QED) is 0.216. The topological polar surface area (TPSA) is 101 Å². The molecule has 234 valence electrons. The highest BCUT2D eigenvalue weighted by molar-refractivity contribution is 8.01. The van der Waals surface area contributed by atoms with Gasteiger partial charge in [0.05, 0.1) is 12.2 Å². The van der Waals surface area contributed by atoms with Crippen molar-refractivity contribution >= 4 is 47.0 Å². The van der Waals surface area contributed by atoms with Crippen LogP contribution in [0.2, 0.25) is 0 Å². The van der Waals surface area contributed by atoms with Gasteiger partial charge in [0.25, 0.3) is 0 Å². The molecule has 0 aromatic carbocycles. The minimum atomic E-state index is -0.143. The van der Waals surface area contributed by atoms with Gasteiger partial charge in [0, 0.05) is 62.3 Å². The van der Waals surface area contributed by atoms with Gasteiger partial charge in [-0.05, 0) is 81.3 Å². The third-order valence-electron chi connectivity index (χ3n) is 6.25. The van der Waals surface area contributed by atoms with Gasteiger partial charge in [-0.15, -0.1) is 0 Å². The third kappa shape index (κ3) is 30.4. The maximum atomic E-state index is 9.77. The molecule has 3 aliphatic heterocycles. The van der Waals surface area contributed by atoms with E-state index in [1.807, 2.05) is 47.0 Å². The fourth-order valence-electron chi connectivity index (χ4n) is 4.02. The van der Waals surface area contributed by atoms with Crippen molar-refractivity contribution in [1.82, 2.24) is 26.6 Å². The molecule has 0 radical (unpaired) electrons. The molecule has 0 aliphatic carbocycles. The van der Waals surface area contributed by atoms with E-state index >= 15 is 0 Å². The first-order chi connectivity index (χ1) is 19.3. The van der Waals surface area contributed by atoms with Crippen LogP contribution in [0.1, 0.15) is 51.4 Å². The van der Waals surface area contributed by atoms with E-state index in [1.165, 1.54) is 77.5 Å². The van der Waals surface area contributed by atoms with Gasteiger partial charge in [0.15, 0.2) is 0 Å². The first-order valence-corrected chi connectivity index (χ1v) is 20.1. The lowest BCUT2D eigenvalue weighted by Crippen LogP contribution is -2.27. The van der Waals surface area contributed by atoms with Crippen LogP contribution in [0, 0.1) is 0 Å². The van der Waals surface area contributed by atoms with E-state index in [9.17, 15) is 10.2 Å². The molecule has 7 nitrogen and oxygen atoms in total. The molecule has 3 aliphatic rings. The molecule has 3 saturated heterocycles. The van der Waals surface area contributed by atoms with E-state index in [0.717, 1.165) is 85.3 Å². The molecular formula is C28H61N5O2S4. The average Bonchev–Trinajstić information content (AvgIpc) is 3.09. The van der Waals surface area contributed by atoms with E-state index in [-0.39, 0.29) is 12.2 Å². The van der Waals surface area contributed by atoms with Crippen molar-refractivity contribution in [2.24, 2.45) is 0 Å². The molecule has 0 atom stereocenters. The van der Waals surface area contributed by atoms with Crippen LogP contribution in [0.25, 0.3) is 0 Å². The molecule has 0 bridgehead atoms. The number of rotatable bonds is 0. The van der Waals surface area contributed by atoms with E-state index in [1.54, 1.807) is 0 Å². The standard InChI is InChI=1S/C12H24O2S4.C10H22N2.C6H15N3/c13-11-7-15-3-1-4-16-8-12(14)10-18-6-2-5-17-9-11;1-2-4-7-11-9-6-10-12-8-5-3-1;1-2-8-5-6-9-4-3-7-1/h11-14H,1-10H2;11-12H,1-10H2;7-9H,1-6H2. The fraction of sp³-hybridized carbons (Fsp3) is 1.00. The van der Waals surface area contributed by atoms with Crippen molar-refractivity contribution in [3.05, 3.63) is 0 Å². The number of aliphatic hydroxyl groups is 2. The molecule has 7 N–H and O–H groups in total. The summed E-state index contributed by atoms with van der Waals surface area (Å²) in [6.07, 6.45) is 10.3. The maximum absolute atomic E-state index is 9.77. The van der Waals surface area contributed by atoms with Crippen LogP contribution in [0.5, 0.6) is 0 Å². The zero-order chi connectivity index (χ0) is 27.9. The number of hydrogen-bond acceptors (Lipinski definition) is 11. The van der Waals surface area contributed by atoms with Crippen molar-refractivity contribution in [3.63, 3.8) is 0 Å². The first-order valence-electron chi connectivity index (χ1n) is 15.5. The molecule has 3 rings (SSSR count). The Balaban J connectivity index is 0.000000312. The van der Waals surface area contributed by atoms with Gasteiger partial charge in [-0.3, -0.25) is 0 Å². The van der Waals surface area contributed by atoms with Gasteiger partial charge in [0.2, 0.25) is 0 Å². The molecule has 0 saturated carbocycles. The Morgan fingerprint density at radius 3 is 0.974 bits per heavy atom. The van der Waals surface area contributed by atoms with Gasteiger partial charge in [-0.1, -0.05) is 19.3 Å². The second-order valence-corrected chi connectivity index (χ2v) is 14.8. The number of nitrogens with one attached hydrogen (secondary N) is 5. The van der Waals surface area contributed by atoms with Crippen LogP contribution >= 0.6 is 47.0 Å². The van der Waals surface area contributed by atoms with Crippen molar-refractivity contribution < 1.29 is 10.2 Å². The highest BCUT2D eigenvalue weighted by Crippen LogP contribution is 2.16. The summed E-state index contributed by atoms with van der Waals surface area (Å²) >= 11 is 7.42. The van der Waals surface area contributed by atoms with E-state index < -0.39 is 0 Å². The van der Waals surface area contributed by atoms with Crippen LogP contribution in [-0.4, -0.2) is 134 Å². The second-order valence-electron chi connectivity index (χ2n) is 10.2. The molecule has 0 spiro atoms. The summed E-state index contributed by atoms with van der Waals surface area (Å²) in [4.78, 5) is 0. The molecule has 0 aromatic rings. The minimum Gasteiger partial charge on any atom is -0.391 e. The normalized spacial score (nSPS) is 27.2. The smallest absolute Gasteiger partial charge is 0.0720 e.